The molecule has 0 heterocycles. The van der Waals surface area contributed by atoms with Crippen molar-refractivity contribution in [2.75, 3.05) is 33.0 Å². The smallest absolute Gasteiger partial charge is 0.251 e. The molecule has 1 aromatic rings. The zero-order valence-corrected chi connectivity index (χ0v) is 12.8. The van der Waals surface area contributed by atoms with Gasteiger partial charge in [0.15, 0.2) is 0 Å². The normalized spacial score (nSPS) is 12.2. The first-order valence-corrected chi connectivity index (χ1v) is 6.91. The second-order valence-electron chi connectivity index (χ2n) is 4.95. The van der Waals surface area contributed by atoms with E-state index in [1.54, 1.807) is 18.2 Å². The highest BCUT2D eigenvalue weighted by molar-refractivity contribution is 5.95. The second-order valence-corrected chi connectivity index (χ2v) is 4.95. The molecular weight excluding hydrogens is 254 g/mol. The summed E-state index contributed by atoms with van der Waals surface area (Å²) < 4.78 is 5.11. The van der Waals surface area contributed by atoms with Crippen LogP contribution in [0.25, 0.3) is 0 Å². The standard InChI is InChI=1S/C15H25N3O2/c1-5-11(2)18(3)9-8-17-15(19)12-6-7-13(16)14(10-12)20-4/h6-7,10-11H,5,8-9,16H2,1-4H3,(H,17,19). The zero-order chi connectivity index (χ0) is 15.1. The maximum Gasteiger partial charge on any atom is 0.251 e. The van der Waals surface area contributed by atoms with Crippen LogP contribution >= 0.6 is 0 Å². The summed E-state index contributed by atoms with van der Waals surface area (Å²) in [4.78, 5) is 14.2. The highest BCUT2D eigenvalue weighted by Gasteiger charge is 2.10. The molecule has 0 fully saturated rings. The Morgan fingerprint density at radius 2 is 2.20 bits per heavy atom. The summed E-state index contributed by atoms with van der Waals surface area (Å²) in [5, 5.41) is 2.90. The Labute approximate surface area is 121 Å². The number of nitrogens with zero attached hydrogens (tertiary/aromatic N) is 1. The van der Waals surface area contributed by atoms with Gasteiger partial charge in [-0.15, -0.1) is 0 Å². The van der Waals surface area contributed by atoms with Gasteiger partial charge in [0, 0.05) is 24.7 Å². The Morgan fingerprint density at radius 1 is 1.50 bits per heavy atom. The number of hydrogen-bond acceptors (Lipinski definition) is 4. The SMILES string of the molecule is CCC(C)N(C)CCNC(=O)c1ccc(N)c(OC)c1. The summed E-state index contributed by atoms with van der Waals surface area (Å²) >= 11 is 0. The monoisotopic (exact) mass is 279 g/mol. The first-order chi connectivity index (χ1) is 9.49. The van der Waals surface area contributed by atoms with Crippen LogP contribution in [0.3, 0.4) is 0 Å². The average Bonchev–Trinajstić information content (AvgIpc) is 2.46. The Balaban J connectivity index is 2.51. The first-order valence-electron chi connectivity index (χ1n) is 6.91. The van der Waals surface area contributed by atoms with E-state index in [-0.39, 0.29) is 5.91 Å². The number of ether oxygens (including phenoxy) is 1. The Kier molecular flexibility index (Phi) is 6.31. The third-order valence-corrected chi connectivity index (χ3v) is 3.59. The number of likely N-dealkylation sites (N-methyl/N-ethyl adjacent to an activating group) is 1. The van der Waals surface area contributed by atoms with Crippen molar-refractivity contribution in [3.8, 4) is 5.75 Å². The number of nitrogens with two attached hydrogens (primary N) is 1. The van der Waals surface area contributed by atoms with Gasteiger partial charge in [-0.05, 0) is 38.6 Å². The van der Waals surface area contributed by atoms with Gasteiger partial charge in [-0.3, -0.25) is 4.79 Å². The van der Waals surface area contributed by atoms with Crippen LogP contribution in [0.5, 0.6) is 5.75 Å². The number of nitrogen functional groups attached to an aromatic ring is 1. The molecule has 0 radical (unpaired) electrons. The largest absolute Gasteiger partial charge is 0.495 e. The van der Waals surface area contributed by atoms with Gasteiger partial charge in [-0.25, -0.2) is 0 Å². The van der Waals surface area contributed by atoms with E-state index in [2.05, 4.69) is 31.1 Å². The van der Waals surface area contributed by atoms with Gasteiger partial charge in [0.25, 0.3) is 5.91 Å². The quantitative estimate of drug-likeness (QED) is 0.746. The van der Waals surface area contributed by atoms with Gasteiger partial charge in [0.1, 0.15) is 5.75 Å². The minimum Gasteiger partial charge on any atom is -0.495 e. The van der Waals surface area contributed by atoms with Crippen molar-refractivity contribution < 1.29 is 9.53 Å². The molecule has 0 aliphatic heterocycles. The number of nitrogens with one attached hydrogen (secondary N) is 1. The van der Waals surface area contributed by atoms with Crippen molar-refractivity contribution in [1.29, 1.82) is 0 Å². The number of methoxy groups -OCH3 is 1. The molecule has 5 heteroatoms. The van der Waals surface area contributed by atoms with Gasteiger partial charge < -0.3 is 20.7 Å². The number of carbonyl (C=O) groups excluding carboxylic acids is 1. The molecule has 0 saturated heterocycles. The molecule has 1 aromatic carbocycles. The van der Waals surface area contributed by atoms with Crippen LogP contribution in [-0.2, 0) is 0 Å². The van der Waals surface area contributed by atoms with E-state index in [0.717, 1.165) is 13.0 Å². The van der Waals surface area contributed by atoms with E-state index in [4.69, 9.17) is 10.5 Å². The third kappa shape index (κ3) is 4.42. The molecule has 0 aromatic heterocycles. The van der Waals surface area contributed by atoms with E-state index < -0.39 is 0 Å². The lowest BCUT2D eigenvalue weighted by Crippen LogP contribution is -2.37. The molecule has 20 heavy (non-hydrogen) atoms. The van der Waals surface area contributed by atoms with E-state index in [1.165, 1.54) is 7.11 Å². The van der Waals surface area contributed by atoms with Crippen molar-refractivity contribution >= 4 is 11.6 Å². The summed E-state index contributed by atoms with van der Waals surface area (Å²) in [5.41, 5.74) is 6.81. The summed E-state index contributed by atoms with van der Waals surface area (Å²) in [6, 6.07) is 5.55. The molecular formula is C15H25N3O2. The van der Waals surface area contributed by atoms with E-state index >= 15 is 0 Å². The Bertz CT molecular complexity index is 449. The minimum atomic E-state index is -0.110. The number of anilines is 1. The topological polar surface area (TPSA) is 67.6 Å². The van der Waals surface area contributed by atoms with Crippen molar-refractivity contribution in [3.63, 3.8) is 0 Å². The van der Waals surface area contributed by atoms with E-state index in [1.807, 2.05) is 0 Å². The molecule has 1 atom stereocenters. The van der Waals surface area contributed by atoms with Crippen molar-refractivity contribution in [2.24, 2.45) is 0 Å². The number of rotatable bonds is 7. The zero-order valence-electron chi connectivity index (χ0n) is 12.8. The van der Waals surface area contributed by atoms with Crippen LogP contribution in [0, 0.1) is 0 Å². The van der Waals surface area contributed by atoms with E-state index in [9.17, 15) is 4.79 Å². The Hall–Kier alpha value is -1.75. The summed E-state index contributed by atoms with van der Waals surface area (Å²) in [6.07, 6.45) is 1.10. The minimum absolute atomic E-state index is 0.110. The van der Waals surface area contributed by atoms with Gasteiger partial charge in [-0.2, -0.15) is 0 Å². The number of carbonyl (C=O) groups is 1. The summed E-state index contributed by atoms with van der Waals surface area (Å²) in [7, 11) is 3.60. The first kappa shape index (κ1) is 16.3. The van der Waals surface area contributed by atoms with Crippen LogP contribution in [0.4, 0.5) is 5.69 Å². The molecule has 1 rings (SSSR count). The molecule has 3 N–H and O–H groups in total. The number of hydrogen-bond donors (Lipinski definition) is 2. The fraction of sp³-hybridized carbons (Fsp3) is 0.533. The van der Waals surface area contributed by atoms with Crippen LogP contribution in [0.15, 0.2) is 18.2 Å². The fourth-order valence-electron chi connectivity index (χ4n) is 1.83. The molecule has 0 aliphatic carbocycles. The maximum absolute atomic E-state index is 12.0. The lowest BCUT2D eigenvalue weighted by Gasteiger charge is -2.23. The van der Waals surface area contributed by atoms with E-state index in [0.29, 0.717) is 29.6 Å². The lowest BCUT2D eigenvalue weighted by molar-refractivity contribution is 0.0947. The van der Waals surface area contributed by atoms with Crippen LogP contribution in [0.2, 0.25) is 0 Å². The predicted molar refractivity (Wildman–Crippen MR) is 82.1 cm³/mol. The van der Waals surface area contributed by atoms with Gasteiger partial charge in [0.2, 0.25) is 0 Å². The predicted octanol–water partition coefficient (Wildman–Crippen LogP) is 1.74. The molecule has 1 unspecified atom stereocenters. The van der Waals surface area contributed by atoms with Gasteiger partial charge >= 0.3 is 0 Å². The molecule has 5 nitrogen and oxygen atoms in total. The highest BCUT2D eigenvalue weighted by atomic mass is 16.5. The second kappa shape index (κ2) is 7.75. The highest BCUT2D eigenvalue weighted by Crippen LogP contribution is 2.21. The van der Waals surface area contributed by atoms with Gasteiger partial charge in [0.05, 0.1) is 12.8 Å². The number of benzene rings is 1. The van der Waals surface area contributed by atoms with Crippen molar-refractivity contribution in [1.82, 2.24) is 10.2 Å². The lowest BCUT2D eigenvalue weighted by atomic mass is 10.1. The Morgan fingerprint density at radius 3 is 2.80 bits per heavy atom. The van der Waals surface area contributed by atoms with Gasteiger partial charge in [-0.1, -0.05) is 6.92 Å². The fourth-order valence-corrected chi connectivity index (χ4v) is 1.83. The number of amides is 1. The molecule has 0 aliphatic rings. The third-order valence-electron chi connectivity index (χ3n) is 3.59. The molecule has 0 spiro atoms. The molecule has 112 valence electrons. The van der Waals surface area contributed by atoms with Crippen molar-refractivity contribution in [3.05, 3.63) is 23.8 Å². The van der Waals surface area contributed by atoms with Crippen LogP contribution in [0.1, 0.15) is 30.6 Å². The maximum atomic E-state index is 12.0. The molecule has 1 amide bonds. The molecule has 0 bridgehead atoms. The summed E-state index contributed by atoms with van der Waals surface area (Å²) in [6.45, 7) is 5.77. The molecule has 0 saturated carbocycles. The van der Waals surface area contributed by atoms with Crippen LogP contribution in [-0.4, -0.2) is 44.1 Å². The van der Waals surface area contributed by atoms with Crippen LogP contribution < -0.4 is 15.8 Å². The average molecular weight is 279 g/mol. The van der Waals surface area contributed by atoms with Crippen molar-refractivity contribution in [2.45, 2.75) is 26.3 Å². The summed E-state index contributed by atoms with van der Waals surface area (Å²) in [5.74, 6) is 0.412.